The Labute approximate surface area is 454 Å². The third-order valence-electron chi connectivity index (χ3n) is 15.0. The molecule has 1 amide bonds. The van der Waals surface area contributed by atoms with Gasteiger partial charge in [-0.25, -0.2) is 4.18 Å². The predicted molar refractivity (Wildman–Crippen MR) is 305 cm³/mol. The van der Waals surface area contributed by atoms with E-state index in [4.69, 9.17) is 9.47 Å². The molecule has 1 aliphatic heterocycles. The Bertz CT molecular complexity index is 1400. The number of ether oxygens (including phenoxy) is 2. The lowest BCUT2D eigenvalue weighted by Gasteiger charge is -2.41. The van der Waals surface area contributed by atoms with Crippen LogP contribution in [0.2, 0.25) is 0 Å². The summed E-state index contributed by atoms with van der Waals surface area (Å²) in [6.07, 6.45) is 54.8. The minimum Gasteiger partial charge on any atom is -0.394 e. The predicted octanol–water partition coefficient (Wildman–Crippen LogP) is 15.2. The van der Waals surface area contributed by atoms with Crippen LogP contribution in [-0.2, 0) is 28.9 Å². The molecule has 0 spiro atoms. The number of nitrogens with one attached hydrogen (secondary N) is 1. The summed E-state index contributed by atoms with van der Waals surface area (Å²) in [7, 11) is -5.08. The molecule has 12 nitrogen and oxygen atoms in total. The van der Waals surface area contributed by atoms with Gasteiger partial charge in [0.1, 0.15) is 24.4 Å². The van der Waals surface area contributed by atoms with Gasteiger partial charge in [0.25, 0.3) is 0 Å². The largest absolute Gasteiger partial charge is 0.397 e. The van der Waals surface area contributed by atoms with E-state index in [1.807, 2.05) is 0 Å². The average molecular weight is 1070 g/mol. The summed E-state index contributed by atoms with van der Waals surface area (Å²) in [6, 6.07) is -0.857. The van der Waals surface area contributed by atoms with Gasteiger partial charge in [-0.3, -0.25) is 9.35 Å². The molecule has 7 atom stereocenters. The molecule has 0 aromatic rings. The molecule has 13 heteroatoms. The number of hydrogen-bond donors (Lipinski definition) is 6. The van der Waals surface area contributed by atoms with Gasteiger partial charge in [0.15, 0.2) is 6.29 Å². The van der Waals surface area contributed by atoms with Crippen LogP contribution in [-0.4, -0.2) is 95.4 Å². The van der Waals surface area contributed by atoms with Gasteiger partial charge in [-0.2, -0.15) is 8.42 Å². The molecule has 1 aliphatic rings. The number of amides is 1. The van der Waals surface area contributed by atoms with Crippen LogP contribution in [0.25, 0.3) is 0 Å². The molecular formula is C61H117NO11S. The zero-order valence-corrected chi connectivity index (χ0v) is 48.5. The zero-order chi connectivity index (χ0) is 54.0. The number of carbonyl (C=O) groups is 1. The second-order valence-electron chi connectivity index (χ2n) is 22.0. The van der Waals surface area contributed by atoms with E-state index in [1.54, 1.807) is 0 Å². The molecule has 0 bridgehead atoms. The van der Waals surface area contributed by atoms with Crippen LogP contribution in [0.1, 0.15) is 303 Å². The van der Waals surface area contributed by atoms with Gasteiger partial charge in [0.05, 0.1) is 25.4 Å². The van der Waals surface area contributed by atoms with Crippen molar-refractivity contribution in [3.8, 4) is 0 Å². The summed E-state index contributed by atoms with van der Waals surface area (Å²) < 4.78 is 47.9. The van der Waals surface area contributed by atoms with Gasteiger partial charge in [-0.1, -0.05) is 276 Å². The number of aliphatic hydroxyl groups is 4. The molecule has 0 saturated carbocycles. The highest BCUT2D eigenvalue weighted by Gasteiger charge is 2.48. The number of hydrogen-bond acceptors (Lipinski definition) is 10. The third kappa shape index (κ3) is 42.6. The molecule has 0 aliphatic carbocycles. The van der Waals surface area contributed by atoms with Crippen LogP contribution >= 0.6 is 0 Å². The maximum absolute atomic E-state index is 13.2. The van der Waals surface area contributed by atoms with Crippen molar-refractivity contribution in [3.05, 3.63) is 24.3 Å². The molecule has 0 aromatic carbocycles. The maximum Gasteiger partial charge on any atom is 0.397 e. The Balaban J connectivity index is 2.25. The van der Waals surface area contributed by atoms with Gasteiger partial charge in [-0.05, 0) is 44.9 Å². The highest BCUT2D eigenvalue weighted by molar-refractivity contribution is 7.80. The second-order valence-corrected chi connectivity index (χ2v) is 23.0. The number of unbranched alkanes of at least 4 members (excludes halogenated alkanes) is 39. The van der Waals surface area contributed by atoms with E-state index in [9.17, 15) is 38.2 Å². The van der Waals surface area contributed by atoms with E-state index in [1.165, 1.54) is 218 Å². The van der Waals surface area contributed by atoms with Crippen LogP contribution in [0.5, 0.6) is 0 Å². The fraction of sp³-hybridized carbons (Fsp3) is 0.918. The first-order chi connectivity index (χ1) is 36.0. The Morgan fingerprint density at radius 2 is 0.905 bits per heavy atom. The zero-order valence-electron chi connectivity index (χ0n) is 47.7. The summed E-state index contributed by atoms with van der Waals surface area (Å²) in [6.45, 7) is 3.49. The average Bonchev–Trinajstić information content (AvgIpc) is 3.38. The lowest BCUT2D eigenvalue weighted by atomic mass is 9.99. The fourth-order valence-electron chi connectivity index (χ4n) is 10.2. The molecule has 6 N–H and O–H groups in total. The summed E-state index contributed by atoms with van der Waals surface area (Å²) in [5.74, 6) is -0.226. The first-order valence-electron chi connectivity index (χ1n) is 31.2. The van der Waals surface area contributed by atoms with Crippen LogP contribution in [0, 0.1) is 0 Å². The molecule has 1 rings (SSSR count). The topological polar surface area (TPSA) is 192 Å². The van der Waals surface area contributed by atoms with E-state index in [-0.39, 0.29) is 12.5 Å². The Hall–Kier alpha value is -1.42. The smallest absolute Gasteiger partial charge is 0.394 e. The van der Waals surface area contributed by atoms with E-state index >= 15 is 0 Å². The summed E-state index contributed by atoms with van der Waals surface area (Å²) in [4.78, 5) is 13.2. The molecule has 74 heavy (non-hydrogen) atoms. The van der Waals surface area contributed by atoms with Gasteiger partial charge >= 0.3 is 10.4 Å². The van der Waals surface area contributed by atoms with Gasteiger partial charge in [-0.15, -0.1) is 0 Å². The molecule has 1 heterocycles. The molecule has 438 valence electrons. The highest BCUT2D eigenvalue weighted by atomic mass is 32.3. The number of aliphatic hydroxyl groups excluding tert-OH is 4. The van der Waals surface area contributed by atoms with Crippen molar-refractivity contribution in [1.29, 1.82) is 0 Å². The summed E-state index contributed by atoms with van der Waals surface area (Å²) in [5, 5.41) is 45.2. The van der Waals surface area contributed by atoms with Crippen LogP contribution in [0.3, 0.4) is 0 Å². The lowest BCUT2D eigenvalue weighted by molar-refractivity contribution is -0.298. The highest BCUT2D eigenvalue weighted by Crippen LogP contribution is 2.26. The number of rotatable bonds is 55. The number of allylic oxidation sites excluding steroid dienone is 4. The molecule has 1 saturated heterocycles. The van der Waals surface area contributed by atoms with Crippen molar-refractivity contribution in [2.75, 3.05) is 13.2 Å². The standard InChI is InChI=1S/C61H117NO11S/c1-3-5-7-9-11-13-15-17-19-21-22-23-24-25-26-27-28-29-30-31-32-33-34-35-37-39-41-43-45-47-49-51-57(65)62-54(53-71-61-59(67)60(73-74(68,69)70)58(66)56(52-63)72-61)55(64)50-48-46-44-42-40-38-36-20-18-16-14-12-10-8-6-4-2/h22-23,25-26,54-56,58-61,63-64,66-67H,3-21,24,27-53H2,1-2H3,(H,62,65)(H,68,69,70)/b23-22-,26-25-. The van der Waals surface area contributed by atoms with Crippen LogP contribution in [0.4, 0.5) is 0 Å². The van der Waals surface area contributed by atoms with Crippen molar-refractivity contribution in [1.82, 2.24) is 5.32 Å². The Morgan fingerprint density at radius 3 is 1.28 bits per heavy atom. The third-order valence-corrected chi connectivity index (χ3v) is 15.5. The van der Waals surface area contributed by atoms with Gasteiger partial charge in [0, 0.05) is 6.42 Å². The summed E-state index contributed by atoms with van der Waals surface area (Å²) >= 11 is 0. The van der Waals surface area contributed by atoms with Crippen molar-refractivity contribution in [2.45, 2.75) is 346 Å². The molecular weight excluding hydrogens is 955 g/mol. The van der Waals surface area contributed by atoms with E-state index in [0.29, 0.717) is 12.8 Å². The maximum atomic E-state index is 13.2. The Kier molecular flexibility index (Phi) is 48.7. The van der Waals surface area contributed by atoms with Crippen molar-refractivity contribution in [3.63, 3.8) is 0 Å². The monoisotopic (exact) mass is 1070 g/mol. The SMILES string of the molecule is CCCCCCCCCCC/C=C\C/C=C\CCCCCCCCCCCCCCCCCC(=O)NC(COC1OC(CO)C(O)C(OS(=O)(=O)O)C1O)C(O)CCCCCCCCCCCCCCCCCC. The van der Waals surface area contributed by atoms with Gasteiger partial charge < -0.3 is 35.2 Å². The minimum atomic E-state index is -5.08. The first kappa shape index (κ1) is 70.6. The molecule has 0 radical (unpaired) electrons. The molecule has 1 fully saturated rings. The van der Waals surface area contributed by atoms with Crippen LogP contribution in [0.15, 0.2) is 24.3 Å². The Morgan fingerprint density at radius 1 is 0.541 bits per heavy atom. The molecule has 0 aromatic heterocycles. The summed E-state index contributed by atoms with van der Waals surface area (Å²) in [5.41, 5.74) is 0. The van der Waals surface area contributed by atoms with E-state index < -0.39 is 59.9 Å². The van der Waals surface area contributed by atoms with Crippen molar-refractivity contribution in [2.24, 2.45) is 0 Å². The molecule has 7 unspecified atom stereocenters. The van der Waals surface area contributed by atoms with Crippen molar-refractivity contribution >= 4 is 16.3 Å². The lowest BCUT2D eigenvalue weighted by Crippen LogP contribution is -2.61. The second kappa shape index (κ2) is 51.0. The van der Waals surface area contributed by atoms with E-state index in [2.05, 4.69) is 47.7 Å². The van der Waals surface area contributed by atoms with Crippen LogP contribution < -0.4 is 5.32 Å². The number of carbonyl (C=O) groups excluding carboxylic acids is 1. The minimum absolute atomic E-state index is 0.226. The van der Waals surface area contributed by atoms with Crippen molar-refractivity contribution < 1.29 is 51.8 Å². The fourth-order valence-corrected chi connectivity index (χ4v) is 10.7. The van der Waals surface area contributed by atoms with E-state index in [0.717, 1.165) is 57.8 Å². The van der Waals surface area contributed by atoms with Gasteiger partial charge in [0.2, 0.25) is 5.91 Å². The first-order valence-corrected chi connectivity index (χ1v) is 32.6. The quantitative estimate of drug-likeness (QED) is 0.0193. The normalized spacial score (nSPS) is 19.3.